The second-order valence-corrected chi connectivity index (χ2v) is 4.03. The Balaban J connectivity index is 2.34. The summed E-state index contributed by atoms with van der Waals surface area (Å²) in [5.74, 6) is 0. The van der Waals surface area contributed by atoms with Gasteiger partial charge in [-0.2, -0.15) is 0 Å². The molecule has 0 aliphatic rings. The molecule has 4 heteroatoms. The molecular weight excluding hydrogens is 222 g/mol. The number of halogens is 1. The number of anilines is 1. The maximum Gasteiger partial charge on any atom is 0.0934 e. The summed E-state index contributed by atoms with van der Waals surface area (Å²) in [5.41, 5.74) is 7.37. The smallest absolute Gasteiger partial charge is 0.0934 e. The largest absolute Gasteiger partial charge is 0.383 e. The van der Waals surface area contributed by atoms with Gasteiger partial charge >= 0.3 is 0 Å². The van der Waals surface area contributed by atoms with Gasteiger partial charge in [0.25, 0.3) is 0 Å². The monoisotopic (exact) mass is 235 g/mol. The molecule has 2 rings (SSSR count). The van der Waals surface area contributed by atoms with E-state index in [1.165, 1.54) is 0 Å². The molecule has 1 heterocycles. The van der Waals surface area contributed by atoms with Crippen molar-refractivity contribution in [3.63, 3.8) is 0 Å². The van der Waals surface area contributed by atoms with Crippen LogP contribution in [0.1, 0.15) is 6.42 Å². The molecule has 0 aliphatic heterocycles. The highest BCUT2D eigenvalue weighted by Gasteiger charge is 2.03. The van der Waals surface area contributed by atoms with Gasteiger partial charge in [-0.15, -0.1) is 0 Å². The first-order chi connectivity index (χ1) is 7.81. The molecule has 0 radical (unpaired) electrons. The van der Waals surface area contributed by atoms with Crippen molar-refractivity contribution >= 4 is 28.2 Å². The van der Waals surface area contributed by atoms with Crippen molar-refractivity contribution in [3.8, 4) is 0 Å². The minimum absolute atomic E-state index is 0.679. The lowest BCUT2D eigenvalue weighted by atomic mass is 10.2. The third kappa shape index (κ3) is 2.43. The molecule has 2 aromatic rings. The minimum Gasteiger partial charge on any atom is -0.383 e. The predicted octanol–water partition coefficient (Wildman–Crippen LogP) is 2.65. The summed E-state index contributed by atoms with van der Waals surface area (Å²) >= 11 is 6.04. The van der Waals surface area contributed by atoms with Crippen molar-refractivity contribution < 1.29 is 0 Å². The van der Waals surface area contributed by atoms with E-state index in [1.54, 1.807) is 6.20 Å². The fourth-order valence-electron chi connectivity index (χ4n) is 1.62. The molecule has 1 aromatic heterocycles. The average Bonchev–Trinajstić information content (AvgIpc) is 2.29. The van der Waals surface area contributed by atoms with Gasteiger partial charge in [0, 0.05) is 23.2 Å². The third-order valence-electron chi connectivity index (χ3n) is 2.37. The summed E-state index contributed by atoms with van der Waals surface area (Å²) in [6, 6.07) is 7.72. The number of aromatic nitrogens is 1. The van der Waals surface area contributed by atoms with Crippen LogP contribution in [0.25, 0.3) is 10.9 Å². The lowest BCUT2D eigenvalue weighted by Gasteiger charge is -2.09. The summed E-state index contributed by atoms with van der Waals surface area (Å²) in [6.07, 6.45) is 2.71. The summed E-state index contributed by atoms with van der Waals surface area (Å²) in [6.45, 7) is 1.52. The first-order valence-corrected chi connectivity index (χ1v) is 5.67. The Morgan fingerprint density at radius 2 is 2.25 bits per heavy atom. The minimum atomic E-state index is 0.679. The molecule has 84 valence electrons. The van der Waals surface area contributed by atoms with Crippen LogP contribution in [-0.4, -0.2) is 18.1 Å². The third-order valence-corrected chi connectivity index (χ3v) is 2.58. The zero-order valence-electron chi connectivity index (χ0n) is 8.91. The van der Waals surface area contributed by atoms with E-state index in [4.69, 9.17) is 17.3 Å². The molecule has 0 bridgehead atoms. The van der Waals surface area contributed by atoms with Crippen LogP contribution in [0, 0.1) is 0 Å². The SMILES string of the molecule is NCCCNc1cc(Cl)cc2cccnc12. The van der Waals surface area contributed by atoms with Crippen LogP contribution < -0.4 is 11.1 Å². The standard InChI is InChI=1S/C12H14ClN3/c13-10-7-9-3-1-5-16-12(9)11(8-10)15-6-2-4-14/h1,3,5,7-8,15H,2,4,6,14H2. The first-order valence-electron chi connectivity index (χ1n) is 5.29. The molecule has 0 amide bonds. The summed E-state index contributed by atoms with van der Waals surface area (Å²) in [4.78, 5) is 4.35. The Morgan fingerprint density at radius 3 is 3.06 bits per heavy atom. The Bertz CT molecular complexity index is 485. The normalized spacial score (nSPS) is 10.6. The van der Waals surface area contributed by atoms with Crippen LogP contribution in [0.2, 0.25) is 5.02 Å². The maximum atomic E-state index is 6.04. The van der Waals surface area contributed by atoms with Crippen molar-refractivity contribution in [1.82, 2.24) is 4.98 Å². The molecule has 0 spiro atoms. The Morgan fingerprint density at radius 1 is 1.38 bits per heavy atom. The number of nitrogens with two attached hydrogens (primary N) is 1. The zero-order valence-corrected chi connectivity index (χ0v) is 9.67. The second-order valence-electron chi connectivity index (χ2n) is 3.60. The van der Waals surface area contributed by atoms with Gasteiger partial charge in [0.15, 0.2) is 0 Å². The molecule has 0 unspecified atom stereocenters. The lowest BCUT2D eigenvalue weighted by molar-refractivity contribution is 0.875. The van der Waals surface area contributed by atoms with E-state index >= 15 is 0 Å². The molecule has 0 aliphatic carbocycles. The van der Waals surface area contributed by atoms with Crippen LogP contribution in [0.3, 0.4) is 0 Å². The summed E-state index contributed by atoms with van der Waals surface area (Å²) in [7, 11) is 0. The molecule has 3 nitrogen and oxygen atoms in total. The number of nitrogens with one attached hydrogen (secondary N) is 1. The lowest BCUT2D eigenvalue weighted by Crippen LogP contribution is -2.08. The Labute approximate surface area is 99.6 Å². The van der Waals surface area contributed by atoms with Crippen molar-refractivity contribution in [2.45, 2.75) is 6.42 Å². The molecule has 0 saturated carbocycles. The molecule has 0 saturated heterocycles. The predicted molar refractivity (Wildman–Crippen MR) is 68.9 cm³/mol. The first kappa shape index (κ1) is 11.2. The molecular formula is C12H14ClN3. The fraction of sp³-hybridized carbons (Fsp3) is 0.250. The van der Waals surface area contributed by atoms with Crippen molar-refractivity contribution in [2.24, 2.45) is 5.73 Å². The van der Waals surface area contributed by atoms with Gasteiger partial charge in [-0.3, -0.25) is 4.98 Å². The van der Waals surface area contributed by atoms with Crippen LogP contribution >= 0.6 is 11.6 Å². The number of hydrogen-bond donors (Lipinski definition) is 2. The summed E-state index contributed by atoms with van der Waals surface area (Å²) in [5, 5.41) is 5.07. The number of benzene rings is 1. The van der Waals surface area contributed by atoms with Gasteiger partial charge in [0.05, 0.1) is 11.2 Å². The van der Waals surface area contributed by atoms with Gasteiger partial charge in [-0.25, -0.2) is 0 Å². The second kappa shape index (κ2) is 5.14. The zero-order chi connectivity index (χ0) is 11.4. The Kier molecular flexibility index (Phi) is 3.59. The van der Waals surface area contributed by atoms with E-state index in [-0.39, 0.29) is 0 Å². The molecule has 1 aromatic carbocycles. The van der Waals surface area contributed by atoms with Crippen molar-refractivity contribution in [2.75, 3.05) is 18.4 Å². The van der Waals surface area contributed by atoms with Gasteiger partial charge in [-0.1, -0.05) is 17.7 Å². The number of fused-ring (bicyclic) bond motifs is 1. The van der Waals surface area contributed by atoms with Gasteiger partial charge < -0.3 is 11.1 Å². The molecule has 3 N–H and O–H groups in total. The van der Waals surface area contributed by atoms with Gasteiger partial charge in [0.1, 0.15) is 0 Å². The quantitative estimate of drug-likeness (QED) is 0.801. The van der Waals surface area contributed by atoms with E-state index < -0.39 is 0 Å². The molecule has 16 heavy (non-hydrogen) atoms. The van der Waals surface area contributed by atoms with E-state index in [1.807, 2.05) is 24.3 Å². The molecule has 0 atom stereocenters. The topological polar surface area (TPSA) is 50.9 Å². The fourth-order valence-corrected chi connectivity index (χ4v) is 1.84. The van der Waals surface area contributed by atoms with Gasteiger partial charge in [0.2, 0.25) is 0 Å². The van der Waals surface area contributed by atoms with Gasteiger partial charge in [-0.05, 0) is 31.2 Å². The highest BCUT2D eigenvalue weighted by Crippen LogP contribution is 2.25. The maximum absolute atomic E-state index is 6.04. The highest BCUT2D eigenvalue weighted by molar-refractivity contribution is 6.31. The van der Waals surface area contributed by atoms with Crippen molar-refractivity contribution in [1.29, 1.82) is 0 Å². The van der Waals surface area contributed by atoms with E-state index in [2.05, 4.69) is 10.3 Å². The van der Waals surface area contributed by atoms with Crippen LogP contribution in [0.15, 0.2) is 30.5 Å². The molecule has 0 fully saturated rings. The number of hydrogen-bond acceptors (Lipinski definition) is 3. The number of nitrogens with zero attached hydrogens (tertiary/aromatic N) is 1. The van der Waals surface area contributed by atoms with Crippen molar-refractivity contribution in [3.05, 3.63) is 35.5 Å². The van der Waals surface area contributed by atoms with E-state index in [9.17, 15) is 0 Å². The van der Waals surface area contributed by atoms with Crippen LogP contribution in [-0.2, 0) is 0 Å². The number of rotatable bonds is 4. The number of pyridine rings is 1. The highest BCUT2D eigenvalue weighted by atomic mass is 35.5. The average molecular weight is 236 g/mol. The van der Waals surface area contributed by atoms with E-state index in [0.717, 1.165) is 34.6 Å². The van der Waals surface area contributed by atoms with Crippen LogP contribution in [0.4, 0.5) is 5.69 Å². The van der Waals surface area contributed by atoms with E-state index in [0.29, 0.717) is 6.54 Å². The Hall–Kier alpha value is -1.32. The summed E-state index contributed by atoms with van der Waals surface area (Å²) < 4.78 is 0. The van der Waals surface area contributed by atoms with Crippen LogP contribution in [0.5, 0.6) is 0 Å².